The van der Waals surface area contributed by atoms with Crippen LogP contribution >= 0.6 is 15.9 Å². The van der Waals surface area contributed by atoms with Crippen LogP contribution in [0.5, 0.6) is 5.75 Å². The highest BCUT2D eigenvalue weighted by molar-refractivity contribution is 9.10. The molecule has 0 aliphatic heterocycles. The zero-order chi connectivity index (χ0) is 19.9. The standard InChI is InChI=1S/C22H25BrN2O3/c1-25(21(26)15-28-18-13-11-16(23)12-14-18)20-10-6-5-9-19(20)22(27)24-17-7-3-2-4-8-17/h5-6,9-14,17H,2-4,7-8,15H2,1H3,(H,24,27). The van der Waals surface area contributed by atoms with Gasteiger partial charge in [-0.3, -0.25) is 9.59 Å². The zero-order valence-corrected chi connectivity index (χ0v) is 17.6. The van der Waals surface area contributed by atoms with E-state index in [0.29, 0.717) is 17.0 Å². The van der Waals surface area contributed by atoms with E-state index in [4.69, 9.17) is 4.74 Å². The maximum atomic E-state index is 12.8. The van der Waals surface area contributed by atoms with Gasteiger partial charge in [-0.25, -0.2) is 0 Å². The smallest absolute Gasteiger partial charge is 0.264 e. The van der Waals surface area contributed by atoms with Gasteiger partial charge in [0.2, 0.25) is 0 Å². The molecule has 0 radical (unpaired) electrons. The van der Waals surface area contributed by atoms with E-state index in [1.807, 2.05) is 24.3 Å². The van der Waals surface area contributed by atoms with Crippen LogP contribution in [0.1, 0.15) is 42.5 Å². The topological polar surface area (TPSA) is 58.6 Å². The average molecular weight is 445 g/mol. The fraction of sp³-hybridized carbons (Fsp3) is 0.364. The van der Waals surface area contributed by atoms with Crippen LogP contribution in [-0.2, 0) is 4.79 Å². The van der Waals surface area contributed by atoms with Gasteiger partial charge in [0.05, 0.1) is 11.3 Å². The maximum absolute atomic E-state index is 12.8. The summed E-state index contributed by atoms with van der Waals surface area (Å²) < 4.78 is 6.52. The molecule has 28 heavy (non-hydrogen) atoms. The molecule has 2 aromatic carbocycles. The molecule has 5 nitrogen and oxygen atoms in total. The molecule has 1 saturated carbocycles. The summed E-state index contributed by atoms with van der Waals surface area (Å²) in [4.78, 5) is 26.9. The Kier molecular flexibility index (Phi) is 7.09. The van der Waals surface area contributed by atoms with Gasteiger partial charge in [-0.2, -0.15) is 0 Å². The van der Waals surface area contributed by atoms with Crippen molar-refractivity contribution < 1.29 is 14.3 Å². The molecule has 1 aliphatic rings. The van der Waals surface area contributed by atoms with E-state index >= 15 is 0 Å². The number of carbonyl (C=O) groups excluding carboxylic acids is 2. The number of halogens is 1. The Labute approximate surface area is 174 Å². The van der Waals surface area contributed by atoms with Crippen LogP contribution in [0.25, 0.3) is 0 Å². The summed E-state index contributed by atoms with van der Waals surface area (Å²) in [6, 6.07) is 14.7. The highest BCUT2D eigenvalue weighted by Crippen LogP contribution is 2.22. The molecular weight excluding hydrogens is 420 g/mol. The van der Waals surface area contributed by atoms with Crippen LogP contribution in [-0.4, -0.2) is 31.5 Å². The van der Waals surface area contributed by atoms with Gasteiger partial charge in [-0.15, -0.1) is 0 Å². The first kappa shape index (κ1) is 20.4. The minimum atomic E-state index is -0.221. The predicted molar refractivity (Wildman–Crippen MR) is 114 cm³/mol. The van der Waals surface area contributed by atoms with Crippen LogP contribution in [0.4, 0.5) is 5.69 Å². The highest BCUT2D eigenvalue weighted by atomic mass is 79.9. The molecule has 0 bridgehead atoms. The summed E-state index contributed by atoms with van der Waals surface area (Å²) in [6.07, 6.45) is 5.57. The van der Waals surface area contributed by atoms with Crippen molar-refractivity contribution in [1.29, 1.82) is 0 Å². The fourth-order valence-electron chi connectivity index (χ4n) is 3.38. The van der Waals surface area contributed by atoms with Crippen molar-refractivity contribution in [2.24, 2.45) is 0 Å². The first-order valence-corrected chi connectivity index (χ1v) is 10.4. The Bertz CT molecular complexity index is 817. The number of rotatable bonds is 6. The van der Waals surface area contributed by atoms with Crippen LogP contribution in [0.15, 0.2) is 53.0 Å². The third-order valence-electron chi connectivity index (χ3n) is 5.00. The zero-order valence-electron chi connectivity index (χ0n) is 16.0. The molecule has 0 unspecified atom stereocenters. The molecule has 6 heteroatoms. The van der Waals surface area contributed by atoms with Crippen molar-refractivity contribution in [1.82, 2.24) is 5.32 Å². The quantitative estimate of drug-likeness (QED) is 0.710. The number of para-hydroxylation sites is 1. The van der Waals surface area contributed by atoms with E-state index in [1.165, 1.54) is 11.3 Å². The van der Waals surface area contributed by atoms with Crippen LogP contribution in [0.3, 0.4) is 0 Å². The van der Waals surface area contributed by atoms with Crippen molar-refractivity contribution in [3.8, 4) is 5.75 Å². The fourth-order valence-corrected chi connectivity index (χ4v) is 3.64. The Hall–Kier alpha value is -2.34. The molecule has 148 valence electrons. The molecule has 0 saturated heterocycles. The SMILES string of the molecule is CN(C(=O)COc1ccc(Br)cc1)c1ccccc1C(=O)NC1CCCCC1. The molecule has 0 atom stereocenters. The summed E-state index contributed by atoms with van der Waals surface area (Å²) in [5.74, 6) is 0.269. The van der Waals surface area contributed by atoms with Gasteiger partial charge in [0.15, 0.2) is 6.61 Å². The van der Waals surface area contributed by atoms with Gasteiger partial charge in [0.25, 0.3) is 11.8 Å². The second-order valence-electron chi connectivity index (χ2n) is 7.02. The van der Waals surface area contributed by atoms with Crippen molar-refractivity contribution in [2.45, 2.75) is 38.1 Å². The second kappa shape index (κ2) is 9.73. The molecule has 0 spiro atoms. The Balaban J connectivity index is 1.65. The monoisotopic (exact) mass is 444 g/mol. The van der Waals surface area contributed by atoms with Crippen LogP contribution in [0, 0.1) is 0 Å². The lowest BCUT2D eigenvalue weighted by molar-refractivity contribution is -0.120. The van der Waals surface area contributed by atoms with E-state index in [2.05, 4.69) is 21.2 Å². The number of hydrogen-bond donors (Lipinski definition) is 1. The third-order valence-corrected chi connectivity index (χ3v) is 5.53. The lowest BCUT2D eigenvalue weighted by Crippen LogP contribution is -2.38. The summed E-state index contributed by atoms with van der Waals surface area (Å²) in [5, 5.41) is 3.12. The number of amides is 2. The number of nitrogens with zero attached hydrogens (tertiary/aromatic N) is 1. The summed E-state index contributed by atoms with van der Waals surface area (Å²) in [5.41, 5.74) is 1.09. The van der Waals surface area contributed by atoms with Gasteiger partial charge in [0, 0.05) is 17.6 Å². The lowest BCUT2D eigenvalue weighted by atomic mass is 9.95. The van der Waals surface area contributed by atoms with E-state index in [0.717, 1.165) is 30.2 Å². The van der Waals surface area contributed by atoms with E-state index in [-0.39, 0.29) is 24.5 Å². The van der Waals surface area contributed by atoms with Gasteiger partial charge >= 0.3 is 0 Å². The normalized spacial score (nSPS) is 14.4. The second-order valence-corrected chi connectivity index (χ2v) is 7.94. The first-order valence-electron chi connectivity index (χ1n) is 9.59. The minimum absolute atomic E-state index is 0.100. The molecule has 0 heterocycles. The van der Waals surface area contributed by atoms with E-state index in [1.54, 1.807) is 31.3 Å². The van der Waals surface area contributed by atoms with Crippen molar-refractivity contribution in [3.05, 3.63) is 58.6 Å². The number of anilines is 1. The average Bonchev–Trinajstić information content (AvgIpc) is 2.73. The molecule has 1 fully saturated rings. The summed E-state index contributed by atoms with van der Waals surface area (Å²) in [6.45, 7) is -0.100. The number of benzene rings is 2. The van der Waals surface area contributed by atoms with Crippen LogP contribution < -0.4 is 15.0 Å². The summed E-state index contributed by atoms with van der Waals surface area (Å²) in [7, 11) is 1.67. The van der Waals surface area contributed by atoms with Gasteiger partial charge in [-0.05, 0) is 49.2 Å². The number of hydrogen-bond acceptors (Lipinski definition) is 3. The predicted octanol–water partition coefficient (Wildman–Crippen LogP) is 4.55. The van der Waals surface area contributed by atoms with Gasteiger partial charge in [-0.1, -0.05) is 47.3 Å². The van der Waals surface area contributed by atoms with E-state index in [9.17, 15) is 9.59 Å². The number of carbonyl (C=O) groups is 2. The first-order chi connectivity index (χ1) is 13.5. The number of likely N-dealkylation sites (N-methyl/N-ethyl adjacent to an activating group) is 1. The molecule has 0 aromatic heterocycles. The molecular formula is C22H25BrN2O3. The van der Waals surface area contributed by atoms with Crippen LogP contribution in [0.2, 0.25) is 0 Å². The number of ether oxygens (including phenoxy) is 1. The van der Waals surface area contributed by atoms with Crippen molar-refractivity contribution in [3.63, 3.8) is 0 Å². The maximum Gasteiger partial charge on any atom is 0.264 e. The van der Waals surface area contributed by atoms with E-state index < -0.39 is 0 Å². The largest absolute Gasteiger partial charge is 0.484 e. The Morgan fingerprint density at radius 3 is 2.46 bits per heavy atom. The molecule has 2 amide bonds. The Morgan fingerprint density at radius 1 is 1.07 bits per heavy atom. The lowest BCUT2D eigenvalue weighted by Gasteiger charge is -2.25. The highest BCUT2D eigenvalue weighted by Gasteiger charge is 2.21. The minimum Gasteiger partial charge on any atom is -0.484 e. The molecule has 2 aromatic rings. The molecule has 3 rings (SSSR count). The summed E-state index contributed by atoms with van der Waals surface area (Å²) >= 11 is 3.37. The van der Waals surface area contributed by atoms with Gasteiger partial charge in [0.1, 0.15) is 5.75 Å². The van der Waals surface area contributed by atoms with Crippen molar-refractivity contribution >= 4 is 33.4 Å². The Morgan fingerprint density at radius 2 is 1.75 bits per heavy atom. The number of nitrogens with one attached hydrogen (secondary N) is 1. The van der Waals surface area contributed by atoms with Crippen molar-refractivity contribution in [2.75, 3.05) is 18.6 Å². The molecule has 1 aliphatic carbocycles. The molecule has 1 N–H and O–H groups in total. The third kappa shape index (κ3) is 5.35. The van der Waals surface area contributed by atoms with Gasteiger partial charge < -0.3 is 15.0 Å².